The minimum absolute atomic E-state index is 0.0430. The van der Waals surface area contributed by atoms with Gasteiger partial charge in [0.1, 0.15) is 0 Å². The molecule has 1 amide bonds. The van der Waals surface area contributed by atoms with Gasteiger partial charge in [-0.2, -0.15) is 0 Å². The Morgan fingerprint density at radius 2 is 2.50 bits per heavy atom. The van der Waals surface area contributed by atoms with E-state index in [1.807, 2.05) is 17.5 Å². The molecule has 0 saturated carbocycles. The Labute approximate surface area is 96.8 Å². The van der Waals surface area contributed by atoms with Gasteiger partial charge >= 0.3 is 0 Å². The average Bonchev–Trinajstić information content (AvgIpc) is 2.67. The minimum Gasteiger partial charge on any atom is -0.351 e. The largest absolute Gasteiger partial charge is 0.351 e. The highest BCUT2D eigenvalue weighted by molar-refractivity contribution is 9.09. The van der Waals surface area contributed by atoms with E-state index in [1.165, 1.54) is 11.3 Å². The fourth-order valence-electron chi connectivity index (χ4n) is 1.05. The molecule has 0 aliphatic rings. The first kappa shape index (κ1) is 11.7. The summed E-state index contributed by atoms with van der Waals surface area (Å²) in [5, 5.41) is 5.82. The summed E-state index contributed by atoms with van der Waals surface area (Å²) in [7, 11) is 0. The SMILES string of the molecule is CC(CCBr)CNC(=O)c1cccs1. The molecule has 0 spiro atoms. The number of thiophene rings is 1. The Morgan fingerprint density at radius 3 is 3.07 bits per heavy atom. The van der Waals surface area contributed by atoms with E-state index in [4.69, 9.17) is 0 Å². The number of carbonyl (C=O) groups is 1. The first-order chi connectivity index (χ1) is 6.74. The van der Waals surface area contributed by atoms with Crippen LogP contribution < -0.4 is 5.32 Å². The maximum absolute atomic E-state index is 11.5. The molecule has 78 valence electrons. The van der Waals surface area contributed by atoms with Gasteiger partial charge < -0.3 is 5.32 Å². The summed E-state index contributed by atoms with van der Waals surface area (Å²) in [5.74, 6) is 0.569. The predicted octanol–water partition coefficient (Wildman–Crippen LogP) is 2.90. The number of rotatable bonds is 5. The Balaban J connectivity index is 2.28. The molecule has 1 heterocycles. The van der Waals surface area contributed by atoms with E-state index in [-0.39, 0.29) is 5.91 Å². The van der Waals surface area contributed by atoms with E-state index in [2.05, 4.69) is 28.2 Å². The van der Waals surface area contributed by atoms with Gasteiger partial charge in [0.05, 0.1) is 4.88 Å². The smallest absolute Gasteiger partial charge is 0.261 e. The zero-order valence-electron chi connectivity index (χ0n) is 8.13. The van der Waals surface area contributed by atoms with Gasteiger partial charge in [0.25, 0.3) is 5.91 Å². The molecule has 1 atom stereocenters. The van der Waals surface area contributed by atoms with Crippen LogP contribution in [-0.4, -0.2) is 17.8 Å². The highest BCUT2D eigenvalue weighted by atomic mass is 79.9. The van der Waals surface area contributed by atoms with Crippen molar-refractivity contribution >= 4 is 33.2 Å². The molecule has 14 heavy (non-hydrogen) atoms. The monoisotopic (exact) mass is 275 g/mol. The first-order valence-electron chi connectivity index (χ1n) is 4.61. The van der Waals surface area contributed by atoms with Gasteiger partial charge in [0.2, 0.25) is 0 Å². The van der Waals surface area contributed by atoms with E-state index in [0.29, 0.717) is 5.92 Å². The van der Waals surface area contributed by atoms with Gasteiger partial charge in [-0.25, -0.2) is 0 Å². The summed E-state index contributed by atoms with van der Waals surface area (Å²) < 4.78 is 0. The molecule has 0 aliphatic heterocycles. The Morgan fingerprint density at radius 1 is 1.71 bits per heavy atom. The van der Waals surface area contributed by atoms with Crippen LogP contribution in [0, 0.1) is 5.92 Å². The molecule has 2 nitrogen and oxygen atoms in total. The maximum atomic E-state index is 11.5. The number of alkyl halides is 1. The Bertz CT molecular complexity index is 274. The summed E-state index contributed by atoms with van der Waals surface area (Å²) in [5.41, 5.74) is 0. The second-order valence-corrected chi connectivity index (χ2v) is 5.01. The summed E-state index contributed by atoms with van der Waals surface area (Å²) in [6.45, 7) is 2.89. The molecule has 4 heteroatoms. The zero-order valence-corrected chi connectivity index (χ0v) is 10.5. The maximum Gasteiger partial charge on any atom is 0.261 e. The molecule has 1 aromatic rings. The fourth-order valence-corrected chi connectivity index (χ4v) is 2.47. The lowest BCUT2D eigenvalue weighted by Gasteiger charge is -2.09. The summed E-state index contributed by atoms with van der Waals surface area (Å²) >= 11 is 4.86. The Kier molecular flexibility index (Phi) is 5.19. The van der Waals surface area contributed by atoms with Crippen molar-refractivity contribution in [2.24, 2.45) is 5.92 Å². The van der Waals surface area contributed by atoms with Crippen molar-refractivity contribution in [3.8, 4) is 0 Å². The third-order valence-electron chi connectivity index (χ3n) is 1.96. The summed E-state index contributed by atoms with van der Waals surface area (Å²) in [6.07, 6.45) is 1.09. The van der Waals surface area contributed by atoms with Crippen LogP contribution in [0.25, 0.3) is 0 Å². The molecule has 0 saturated heterocycles. The summed E-state index contributed by atoms with van der Waals surface area (Å²) in [4.78, 5) is 12.3. The fraction of sp³-hybridized carbons (Fsp3) is 0.500. The second kappa shape index (κ2) is 6.19. The van der Waals surface area contributed by atoms with Crippen molar-refractivity contribution in [3.05, 3.63) is 22.4 Å². The van der Waals surface area contributed by atoms with E-state index < -0.39 is 0 Å². The number of carbonyl (C=O) groups excluding carboxylic acids is 1. The number of hydrogen-bond donors (Lipinski definition) is 1. The minimum atomic E-state index is 0.0430. The molecular weight excluding hydrogens is 262 g/mol. The molecular formula is C10H14BrNOS. The van der Waals surface area contributed by atoms with Crippen molar-refractivity contribution in [1.29, 1.82) is 0 Å². The molecule has 1 rings (SSSR count). The topological polar surface area (TPSA) is 29.1 Å². The van der Waals surface area contributed by atoms with Crippen LogP contribution in [-0.2, 0) is 0 Å². The predicted molar refractivity (Wildman–Crippen MR) is 64.2 cm³/mol. The van der Waals surface area contributed by atoms with Gasteiger partial charge in [-0.3, -0.25) is 4.79 Å². The molecule has 0 bridgehead atoms. The second-order valence-electron chi connectivity index (χ2n) is 3.27. The van der Waals surface area contributed by atoms with Gasteiger partial charge in [-0.15, -0.1) is 11.3 Å². The van der Waals surface area contributed by atoms with E-state index in [9.17, 15) is 4.79 Å². The molecule has 1 aromatic heterocycles. The molecule has 1 N–H and O–H groups in total. The lowest BCUT2D eigenvalue weighted by molar-refractivity contribution is 0.0952. The average molecular weight is 276 g/mol. The molecule has 1 unspecified atom stereocenters. The van der Waals surface area contributed by atoms with Crippen molar-refractivity contribution in [1.82, 2.24) is 5.32 Å². The van der Waals surface area contributed by atoms with Gasteiger partial charge in [0.15, 0.2) is 0 Å². The van der Waals surface area contributed by atoms with Crippen LogP contribution in [0.4, 0.5) is 0 Å². The van der Waals surface area contributed by atoms with Crippen molar-refractivity contribution in [2.75, 3.05) is 11.9 Å². The highest BCUT2D eigenvalue weighted by Crippen LogP contribution is 2.08. The van der Waals surface area contributed by atoms with Gasteiger partial charge in [-0.05, 0) is 23.8 Å². The van der Waals surface area contributed by atoms with Crippen molar-refractivity contribution in [2.45, 2.75) is 13.3 Å². The van der Waals surface area contributed by atoms with E-state index in [1.54, 1.807) is 0 Å². The van der Waals surface area contributed by atoms with Crippen LogP contribution >= 0.6 is 27.3 Å². The number of hydrogen-bond acceptors (Lipinski definition) is 2. The highest BCUT2D eigenvalue weighted by Gasteiger charge is 2.07. The molecule has 0 aromatic carbocycles. The Hall–Kier alpha value is -0.350. The van der Waals surface area contributed by atoms with Gasteiger partial charge in [-0.1, -0.05) is 28.9 Å². The third kappa shape index (κ3) is 3.80. The lowest BCUT2D eigenvalue weighted by atomic mass is 10.1. The van der Waals surface area contributed by atoms with Crippen LogP contribution in [0.2, 0.25) is 0 Å². The first-order valence-corrected chi connectivity index (χ1v) is 6.62. The lowest BCUT2D eigenvalue weighted by Crippen LogP contribution is -2.27. The number of nitrogens with one attached hydrogen (secondary N) is 1. The van der Waals surface area contributed by atoms with Crippen molar-refractivity contribution < 1.29 is 4.79 Å². The molecule has 0 radical (unpaired) electrons. The van der Waals surface area contributed by atoms with Crippen LogP contribution in [0.3, 0.4) is 0 Å². The third-order valence-corrected chi connectivity index (χ3v) is 3.28. The number of amides is 1. The van der Waals surface area contributed by atoms with Crippen LogP contribution in [0.1, 0.15) is 23.0 Å². The standard InChI is InChI=1S/C10H14BrNOS/c1-8(4-5-11)7-12-10(13)9-3-2-6-14-9/h2-3,6,8H,4-5,7H2,1H3,(H,12,13). The number of halogens is 1. The van der Waals surface area contributed by atoms with Gasteiger partial charge in [0, 0.05) is 11.9 Å². The molecule has 0 aliphatic carbocycles. The van der Waals surface area contributed by atoms with Crippen LogP contribution in [0.5, 0.6) is 0 Å². The molecule has 0 fully saturated rings. The van der Waals surface area contributed by atoms with E-state index >= 15 is 0 Å². The normalized spacial score (nSPS) is 12.4. The van der Waals surface area contributed by atoms with Crippen molar-refractivity contribution in [3.63, 3.8) is 0 Å². The van der Waals surface area contributed by atoms with Crippen LogP contribution in [0.15, 0.2) is 17.5 Å². The quantitative estimate of drug-likeness (QED) is 0.823. The van der Waals surface area contributed by atoms with E-state index in [0.717, 1.165) is 23.2 Å². The zero-order chi connectivity index (χ0) is 10.4. The summed E-state index contributed by atoms with van der Waals surface area (Å²) in [6, 6.07) is 3.73.